The van der Waals surface area contributed by atoms with Crippen LogP contribution in [0.25, 0.3) is 0 Å². The molecule has 1 fully saturated rings. The Morgan fingerprint density at radius 3 is 2.67 bits per heavy atom. The van der Waals surface area contributed by atoms with Gasteiger partial charge in [0.05, 0.1) is 32.1 Å². The highest BCUT2D eigenvalue weighted by molar-refractivity contribution is 7.91. The van der Waals surface area contributed by atoms with E-state index in [9.17, 15) is 8.42 Å². The van der Waals surface area contributed by atoms with E-state index in [2.05, 4.69) is 24.3 Å². The van der Waals surface area contributed by atoms with Crippen LogP contribution in [0.15, 0.2) is 24.3 Å². The molecule has 24 heavy (non-hydrogen) atoms. The maximum absolute atomic E-state index is 11.9. The van der Waals surface area contributed by atoms with Crippen LogP contribution in [-0.2, 0) is 9.84 Å². The molecule has 5 nitrogen and oxygen atoms in total. The Balaban J connectivity index is 2.09. The van der Waals surface area contributed by atoms with Gasteiger partial charge in [-0.15, -0.1) is 0 Å². The van der Waals surface area contributed by atoms with Gasteiger partial charge < -0.3 is 15.1 Å². The Morgan fingerprint density at radius 2 is 2.08 bits per heavy atom. The molecule has 2 N–H and O–H groups in total. The molecule has 0 saturated carbocycles. The lowest BCUT2D eigenvalue weighted by Gasteiger charge is -2.31. The highest BCUT2D eigenvalue weighted by Gasteiger charge is 2.33. The molecule has 0 aliphatic carbocycles. The number of thiocarbonyl (C=S) groups is 1. The van der Waals surface area contributed by atoms with E-state index in [1.807, 2.05) is 31.2 Å². The van der Waals surface area contributed by atoms with Gasteiger partial charge in [-0.25, -0.2) is 8.42 Å². The molecule has 1 aromatic carbocycles. The summed E-state index contributed by atoms with van der Waals surface area (Å²) in [7, 11) is 1.31. The predicted octanol–water partition coefficient (Wildman–Crippen LogP) is 0.716. The average molecular weight is 371 g/mol. The molecule has 7 heteroatoms. The molecule has 1 heterocycles. The maximum Gasteiger partial charge on any atom is 0.173 e. The Hall–Kier alpha value is -1.18. The number of anilines is 1. The topological polar surface area (TPSA) is 53.9 Å². The first-order valence-corrected chi connectivity index (χ1v) is 10.6. The fourth-order valence-electron chi connectivity index (χ4n) is 2.97. The van der Waals surface area contributed by atoms with Crippen LogP contribution in [0, 0.1) is 6.92 Å². The van der Waals surface area contributed by atoms with Crippen molar-refractivity contribution in [3.05, 3.63) is 29.8 Å². The Kier molecular flexibility index (Phi) is 6.60. The number of nitrogens with one attached hydrogen (secondary N) is 2. The first kappa shape index (κ1) is 19.1. The molecule has 1 aliphatic rings. The molecule has 1 saturated heterocycles. The number of rotatable bonds is 6. The summed E-state index contributed by atoms with van der Waals surface area (Å²) >= 11 is 5.62. The van der Waals surface area contributed by atoms with Crippen molar-refractivity contribution < 1.29 is 13.3 Å². The zero-order chi connectivity index (χ0) is 17.7. The monoisotopic (exact) mass is 370 g/mol. The third kappa shape index (κ3) is 5.43. The summed E-state index contributed by atoms with van der Waals surface area (Å²) in [5.74, 6) is 0.470. The number of para-hydroxylation sites is 1. The van der Waals surface area contributed by atoms with Crippen molar-refractivity contribution in [3.63, 3.8) is 0 Å². The second kappa shape index (κ2) is 8.27. The summed E-state index contributed by atoms with van der Waals surface area (Å²) in [6, 6.07) is 7.97. The predicted molar refractivity (Wildman–Crippen MR) is 103 cm³/mol. The van der Waals surface area contributed by atoms with Gasteiger partial charge >= 0.3 is 0 Å². The van der Waals surface area contributed by atoms with Crippen molar-refractivity contribution in [3.8, 4) is 0 Å². The van der Waals surface area contributed by atoms with E-state index < -0.39 is 9.84 Å². The molecule has 0 amide bonds. The summed E-state index contributed by atoms with van der Waals surface area (Å²) in [6.45, 7) is 3.84. The van der Waals surface area contributed by atoms with Gasteiger partial charge in [-0.2, -0.15) is 0 Å². The number of quaternary nitrogens is 1. The van der Waals surface area contributed by atoms with Crippen molar-refractivity contribution >= 4 is 32.9 Å². The van der Waals surface area contributed by atoms with Crippen LogP contribution in [0.4, 0.5) is 5.69 Å². The molecule has 1 atom stereocenters. The van der Waals surface area contributed by atoms with Crippen LogP contribution in [0.3, 0.4) is 0 Å². The van der Waals surface area contributed by atoms with E-state index in [-0.39, 0.29) is 17.5 Å². The first-order chi connectivity index (χ1) is 11.3. The van der Waals surface area contributed by atoms with Crippen molar-refractivity contribution in [2.45, 2.75) is 25.8 Å². The lowest BCUT2D eigenvalue weighted by atomic mass is 10.2. The highest BCUT2D eigenvalue weighted by atomic mass is 32.2. The first-order valence-electron chi connectivity index (χ1n) is 8.41. The van der Waals surface area contributed by atoms with E-state index in [1.54, 1.807) is 0 Å². The number of nitrogens with zero attached hydrogens (tertiary/aromatic N) is 1. The SMILES string of the molecule is Cc1ccccc1NC(=S)N(CCC[NH+](C)C)[C@@H]1CCS(=O)(=O)C1. The molecule has 0 spiro atoms. The van der Waals surface area contributed by atoms with Crippen molar-refractivity contribution in [2.75, 3.05) is 44.0 Å². The number of benzene rings is 1. The summed E-state index contributed by atoms with van der Waals surface area (Å²) < 4.78 is 23.7. The van der Waals surface area contributed by atoms with Crippen LogP contribution < -0.4 is 10.2 Å². The fraction of sp³-hybridized carbons (Fsp3) is 0.588. The third-order valence-electron chi connectivity index (χ3n) is 4.37. The van der Waals surface area contributed by atoms with Gasteiger partial charge in [0, 0.05) is 24.7 Å². The summed E-state index contributed by atoms with van der Waals surface area (Å²) in [4.78, 5) is 3.46. The maximum atomic E-state index is 11.9. The van der Waals surface area contributed by atoms with E-state index in [4.69, 9.17) is 12.2 Å². The zero-order valence-electron chi connectivity index (χ0n) is 14.7. The standard InChI is InChI=1S/C17H27N3O2S2/c1-14-7-4-5-8-16(14)18-17(23)20(11-6-10-19(2)3)15-9-12-24(21,22)13-15/h4-5,7-8,15H,6,9-13H2,1-3H3,(H,18,23)/p+1/t15-/m1/s1. The molecule has 0 radical (unpaired) electrons. The Labute approximate surface area is 150 Å². The summed E-state index contributed by atoms with van der Waals surface area (Å²) in [5.41, 5.74) is 2.10. The van der Waals surface area contributed by atoms with Crippen molar-refractivity contribution in [1.29, 1.82) is 0 Å². The third-order valence-corrected chi connectivity index (χ3v) is 6.46. The number of aryl methyl sites for hydroxylation is 1. The Morgan fingerprint density at radius 1 is 1.38 bits per heavy atom. The molecule has 2 rings (SSSR count). The van der Waals surface area contributed by atoms with E-state index >= 15 is 0 Å². The van der Waals surface area contributed by atoms with Gasteiger partial charge in [-0.1, -0.05) is 18.2 Å². The van der Waals surface area contributed by atoms with Gasteiger partial charge in [-0.05, 0) is 37.2 Å². The number of hydrogen-bond acceptors (Lipinski definition) is 3. The number of sulfone groups is 1. The van der Waals surface area contributed by atoms with Crippen molar-refractivity contribution in [2.24, 2.45) is 0 Å². The van der Waals surface area contributed by atoms with Crippen LogP contribution in [0.5, 0.6) is 0 Å². The van der Waals surface area contributed by atoms with Crippen LogP contribution in [0.1, 0.15) is 18.4 Å². The zero-order valence-corrected chi connectivity index (χ0v) is 16.3. The molecule has 0 bridgehead atoms. The van der Waals surface area contributed by atoms with Crippen LogP contribution >= 0.6 is 12.2 Å². The van der Waals surface area contributed by atoms with Gasteiger partial charge in [-0.3, -0.25) is 0 Å². The smallest absolute Gasteiger partial charge is 0.173 e. The highest BCUT2D eigenvalue weighted by Crippen LogP contribution is 2.20. The van der Waals surface area contributed by atoms with E-state index in [0.29, 0.717) is 11.5 Å². The minimum Gasteiger partial charge on any atom is -0.345 e. The lowest BCUT2D eigenvalue weighted by Crippen LogP contribution is -3.05. The normalized spacial score (nSPS) is 19.4. The van der Waals surface area contributed by atoms with Gasteiger partial charge in [0.15, 0.2) is 14.9 Å². The second-order valence-electron chi connectivity index (χ2n) is 6.81. The summed E-state index contributed by atoms with van der Waals surface area (Å²) in [5, 5.41) is 3.93. The van der Waals surface area contributed by atoms with Gasteiger partial charge in [0.25, 0.3) is 0 Å². The second-order valence-corrected chi connectivity index (χ2v) is 9.42. The van der Waals surface area contributed by atoms with E-state index in [0.717, 1.165) is 30.8 Å². The molecular formula is C17H28N3O2S2+. The van der Waals surface area contributed by atoms with Crippen LogP contribution in [-0.4, -0.2) is 63.2 Å². The minimum absolute atomic E-state index is 0.0174. The lowest BCUT2D eigenvalue weighted by molar-refractivity contribution is -0.858. The van der Waals surface area contributed by atoms with Crippen LogP contribution in [0.2, 0.25) is 0 Å². The molecule has 134 valence electrons. The van der Waals surface area contributed by atoms with Gasteiger partial charge in [0.2, 0.25) is 0 Å². The minimum atomic E-state index is -2.93. The van der Waals surface area contributed by atoms with Gasteiger partial charge in [0.1, 0.15) is 0 Å². The molecular weight excluding hydrogens is 342 g/mol. The average Bonchev–Trinajstić information content (AvgIpc) is 2.85. The number of hydrogen-bond donors (Lipinski definition) is 2. The molecule has 1 aliphatic heterocycles. The summed E-state index contributed by atoms with van der Waals surface area (Å²) in [6.07, 6.45) is 1.64. The van der Waals surface area contributed by atoms with E-state index in [1.165, 1.54) is 4.90 Å². The largest absolute Gasteiger partial charge is 0.345 e. The molecule has 0 unspecified atom stereocenters. The molecule has 0 aromatic heterocycles. The quantitative estimate of drug-likeness (QED) is 0.723. The molecule has 1 aromatic rings. The van der Waals surface area contributed by atoms with Crippen molar-refractivity contribution in [1.82, 2.24) is 4.90 Å². The fourth-order valence-corrected chi connectivity index (χ4v) is 5.06. The Bertz CT molecular complexity index is 674.